The summed E-state index contributed by atoms with van der Waals surface area (Å²) in [7, 11) is -3.72. The number of hydrogen-bond donors (Lipinski definition) is 0. The fourth-order valence-corrected chi connectivity index (χ4v) is 5.07. The summed E-state index contributed by atoms with van der Waals surface area (Å²) in [4.78, 5) is 8.65. The number of rotatable bonds is 3. The molecule has 0 spiro atoms. The molecule has 1 saturated heterocycles. The molecule has 3 aromatic rings. The highest BCUT2D eigenvalue weighted by molar-refractivity contribution is 7.89. The van der Waals surface area contributed by atoms with Gasteiger partial charge in [0.2, 0.25) is 15.9 Å². The minimum Gasteiger partial charge on any atom is -0.439 e. The number of piperidine rings is 1. The van der Waals surface area contributed by atoms with Gasteiger partial charge in [0.1, 0.15) is 21.6 Å². The van der Waals surface area contributed by atoms with E-state index in [2.05, 4.69) is 9.97 Å². The highest BCUT2D eigenvalue weighted by Crippen LogP contribution is 2.36. The fraction of sp³-hybridized carbons (Fsp3) is 0.333. The number of nitrogens with zero attached hydrogens (tertiary/aromatic N) is 3. The SMILES string of the molecule is Cc1cc(S(=O)(=O)N2CCCCC2c2nc3ccccc3o2)cnc1Cl. The molecule has 136 valence electrons. The van der Waals surface area contributed by atoms with Crippen LogP contribution in [0.25, 0.3) is 11.1 Å². The Kier molecular flexibility index (Phi) is 4.46. The van der Waals surface area contributed by atoms with E-state index in [9.17, 15) is 8.42 Å². The Bertz CT molecular complexity index is 1030. The van der Waals surface area contributed by atoms with Gasteiger partial charge in [0.25, 0.3) is 0 Å². The molecule has 4 rings (SSSR count). The van der Waals surface area contributed by atoms with E-state index < -0.39 is 16.1 Å². The summed E-state index contributed by atoms with van der Waals surface area (Å²) < 4.78 is 33.8. The number of fused-ring (bicyclic) bond motifs is 1. The van der Waals surface area contributed by atoms with Gasteiger partial charge in [0.05, 0.1) is 0 Å². The van der Waals surface area contributed by atoms with E-state index in [1.165, 1.54) is 10.5 Å². The van der Waals surface area contributed by atoms with Crippen molar-refractivity contribution in [3.05, 3.63) is 53.1 Å². The predicted octanol–water partition coefficient (Wildman–Crippen LogP) is 4.10. The minimum atomic E-state index is -3.72. The number of sulfonamides is 1. The molecule has 0 saturated carbocycles. The van der Waals surface area contributed by atoms with Crippen LogP contribution in [0.1, 0.15) is 36.8 Å². The number of pyridine rings is 1. The third kappa shape index (κ3) is 3.00. The summed E-state index contributed by atoms with van der Waals surface area (Å²) in [6, 6.07) is 8.58. The molecule has 3 heterocycles. The summed E-state index contributed by atoms with van der Waals surface area (Å²) >= 11 is 5.94. The van der Waals surface area contributed by atoms with Crippen molar-refractivity contribution in [1.29, 1.82) is 0 Å². The maximum absolute atomic E-state index is 13.2. The number of aryl methyl sites for hydroxylation is 1. The molecule has 0 aliphatic carbocycles. The number of hydrogen-bond acceptors (Lipinski definition) is 5. The Morgan fingerprint density at radius 3 is 2.85 bits per heavy atom. The van der Waals surface area contributed by atoms with Crippen LogP contribution >= 0.6 is 11.6 Å². The van der Waals surface area contributed by atoms with Crippen molar-refractivity contribution in [2.45, 2.75) is 37.1 Å². The molecule has 8 heteroatoms. The topological polar surface area (TPSA) is 76.3 Å². The Hall–Kier alpha value is -1.96. The number of para-hydroxylation sites is 2. The van der Waals surface area contributed by atoms with Gasteiger partial charge in [0, 0.05) is 12.7 Å². The second-order valence-electron chi connectivity index (χ2n) is 6.43. The van der Waals surface area contributed by atoms with Crippen LogP contribution in [0.5, 0.6) is 0 Å². The number of aromatic nitrogens is 2. The molecule has 1 unspecified atom stereocenters. The van der Waals surface area contributed by atoms with E-state index in [1.807, 2.05) is 24.3 Å². The van der Waals surface area contributed by atoms with Crippen LogP contribution in [-0.4, -0.2) is 29.2 Å². The smallest absolute Gasteiger partial charge is 0.245 e. The van der Waals surface area contributed by atoms with Gasteiger partial charge in [0.15, 0.2) is 5.58 Å². The van der Waals surface area contributed by atoms with Gasteiger partial charge in [-0.2, -0.15) is 4.31 Å². The molecule has 1 aliphatic rings. The van der Waals surface area contributed by atoms with Crippen molar-refractivity contribution in [2.24, 2.45) is 0 Å². The second-order valence-corrected chi connectivity index (χ2v) is 8.67. The summed E-state index contributed by atoms with van der Waals surface area (Å²) in [6.07, 6.45) is 3.71. The van der Waals surface area contributed by atoms with Gasteiger partial charge in [-0.15, -0.1) is 0 Å². The first-order valence-corrected chi connectivity index (χ1v) is 10.3. The Balaban J connectivity index is 1.75. The first kappa shape index (κ1) is 17.5. The number of oxazole rings is 1. The molecule has 1 atom stereocenters. The van der Waals surface area contributed by atoms with E-state index in [0.717, 1.165) is 18.4 Å². The Morgan fingerprint density at radius 1 is 1.27 bits per heavy atom. The van der Waals surface area contributed by atoms with E-state index in [1.54, 1.807) is 13.0 Å². The molecule has 0 bridgehead atoms. The average molecular weight is 392 g/mol. The molecule has 1 fully saturated rings. The van der Waals surface area contributed by atoms with Crippen molar-refractivity contribution in [2.75, 3.05) is 6.54 Å². The van der Waals surface area contributed by atoms with Crippen molar-refractivity contribution >= 4 is 32.7 Å². The van der Waals surface area contributed by atoms with Gasteiger partial charge < -0.3 is 4.42 Å². The van der Waals surface area contributed by atoms with Gasteiger partial charge in [-0.1, -0.05) is 30.2 Å². The molecule has 1 aliphatic heterocycles. The summed E-state index contributed by atoms with van der Waals surface area (Å²) in [5, 5.41) is 0.304. The lowest BCUT2D eigenvalue weighted by Gasteiger charge is -2.32. The first-order chi connectivity index (χ1) is 12.5. The monoisotopic (exact) mass is 391 g/mol. The molecule has 0 radical (unpaired) electrons. The number of benzene rings is 1. The largest absolute Gasteiger partial charge is 0.439 e. The van der Waals surface area contributed by atoms with Crippen molar-refractivity contribution < 1.29 is 12.8 Å². The lowest BCUT2D eigenvalue weighted by atomic mass is 10.1. The van der Waals surface area contributed by atoms with E-state index in [0.29, 0.717) is 35.2 Å². The van der Waals surface area contributed by atoms with Crippen molar-refractivity contribution in [3.8, 4) is 0 Å². The fourth-order valence-electron chi connectivity index (χ4n) is 3.28. The van der Waals surface area contributed by atoms with Crippen LogP contribution in [0, 0.1) is 6.92 Å². The quantitative estimate of drug-likeness (QED) is 0.628. The van der Waals surface area contributed by atoms with Crippen LogP contribution < -0.4 is 0 Å². The molecule has 0 amide bonds. The van der Waals surface area contributed by atoms with E-state index in [-0.39, 0.29) is 4.90 Å². The summed E-state index contributed by atoms with van der Waals surface area (Å²) in [6.45, 7) is 2.16. The van der Waals surface area contributed by atoms with Crippen LogP contribution in [-0.2, 0) is 10.0 Å². The third-order valence-corrected chi connectivity index (χ3v) is 6.91. The van der Waals surface area contributed by atoms with Crippen molar-refractivity contribution in [3.63, 3.8) is 0 Å². The molecule has 1 aromatic carbocycles. The molecular formula is C18H18ClN3O3S. The van der Waals surface area contributed by atoms with Crippen LogP contribution in [0.15, 0.2) is 45.8 Å². The molecule has 6 nitrogen and oxygen atoms in total. The highest BCUT2D eigenvalue weighted by Gasteiger charge is 2.37. The van der Waals surface area contributed by atoms with E-state index >= 15 is 0 Å². The Labute approximate surface area is 156 Å². The predicted molar refractivity (Wildman–Crippen MR) is 98.5 cm³/mol. The highest BCUT2D eigenvalue weighted by atomic mass is 35.5. The standard InChI is InChI=1S/C18H18ClN3O3S/c1-12-10-13(11-20-17(12)19)26(23,24)22-9-5-4-7-15(22)18-21-14-6-2-3-8-16(14)25-18/h2-3,6,8,10-11,15H,4-5,7,9H2,1H3. The number of halogens is 1. The summed E-state index contributed by atoms with van der Waals surface area (Å²) in [5.41, 5.74) is 2.02. The maximum atomic E-state index is 13.2. The van der Waals surface area contributed by atoms with Crippen LogP contribution in [0.4, 0.5) is 0 Å². The van der Waals surface area contributed by atoms with E-state index in [4.69, 9.17) is 16.0 Å². The van der Waals surface area contributed by atoms with Crippen LogP contribution in [0.2, 0.25) is 5.15 Å². The van der Waals surface area contributed by atoms with Crippen LogP contribution in [0.3, 0.4) is 0 Å². The van der Waals surface area contributed by atoms with Crippen molar-refractivity contribution in [1.82, 2.24) is 14.3 Å². The zero-order chi connectivity index (χ0) is 18.3. The lowest BCUT2D eigenvalue weighted by molar-refractivity contribution is 0.222. The molecular weight excluding hydrogens is 374 g/mol. The minimum absolute atomic E-state index is 0.141. The van der Waals surface area contributed by atoms with Gasteiger partial charge in [-0.05, 0) is 43.5 Å². The molecule has 2 aromatic heterocycles. The first-order valence-electron chi connectivity index (χ1n) is 8.46. The normalized spacial score (nSPS) is 19.1. The van der Waals surface area contributed by atoms with Gasteiger partial charge in [-0.25, -0.2) is 18.4 Å². The molecule has 26 heavy (non-hydrogen) atoms. The Morgan fingerprint density at radius 2 is 2.08 bits per heavy atom. The average Bonchev–Trinajstić information content (AvgIpc) is 3.08. The van der Waals surface area contributed by atoms with Gasteiger partial charge in [-0.3, -0.25) is 0 Å². The summed E-state index contributed by atoms with van der Waals surface area (Å²) in [5.74, 6) is 0.438. The zero-order valence-corrected chi connectivity index (χ0v) is 15.8. The third-order valence-electron chi connectivity index (χ3n) is 4.65. The molecule has 0 N–H and O–H groups in total. The zero-order valence-electron chi connectivity index (χ0n) is 14.2. The lowest BCUT2D eigenvalue weighted by Crippen LogP contribution is -2.38. The van der Waals surface area contributed by atoms with Gasteiger partial charge >= 0.3 is 0 Å². The maximum Gasteiger partial charge on any atom is 0.245 e. The second kappa shape index (κ2) is 6.64.